The molecule has 0 radical (unpaired) electrons. The van der Waals surface area contributed by atoms with E-state index in [0.29, 0.717) is 19.3 Å². The van der Waals surface area contributed by atoms with E-state index in [2.05, 4.69) is 5.32 Å². The summed E-state index contributed by atoms with van der Waals surface area (Å²) in [6, 6.07) is -0.582. The van der Waals surface area contributed by atoms with Crippen LogP contribution in [-0.2, 0) is 4.79 Å². The molecule has 0 aliphatic heterocycles. The monoisotopic (exact) mass is 263 g/mol. The molecule has 0 aromatic carbocycles. The third-order valence-electron chi connectivity index (χ3n) is 3.81. The molecule has 0 saturated heterocycles. The molecule has 18 heavy (non-hydrogen) atoms. The van der Waals surface area contributed by atoms with Crippen LogP contribution in [0.25, 0.3) is 0 Å². The van der Waals surface area contributed by atoms with Crippen molar-refractivity contribution in [3.8, 4) is 0 Å². The van der Waals surface area contributed by atoms with Crippen molar-refractivity contribution in [3.63, 3.8) is 0 Å². The van der Waals surface area contributed by atoms with Crippen molar-refractivity contribution in [1.82, 2.24) is 5.32 Å². The Kier molecular flexibility index (Phi) is 5.50. The van der Waals surface area contributed by atoms with E-state index in [9.17, 15) is 13.6 Å². The van der Waals surface area contributed by atoms with Crippen LogP contribution in [0.15, 0.2) is 0 Å². The lowest BCUT2D eigenvalue weighted by Gasteiger charge is -2.33. The molecule has 0 aromatic rings. The van der Waals surface area contributed by atoms with Crippen LogP contribution in [0.5, 0.6) is 0 Å². The molecule has 0 bridgehead atoms. The highest BCUT2D eigenvalue weighted by Crippen LogP contribution is 2.37. The van der Waals surface area contributed by atoms with Gasteiger partial charge in [0.2, 0.25) is 5.92 Å². The van der Waals surface area contributed by atoms with Gasteiger partial charge in [-0.15, -0.1) is 0 Å². The molecule has 2 unspecified atom stereocenters. The second-order valence-electron chi connectivity index (χ2n) is 5.33. The van der Waals surface area contributed by atoms with Crippen LogP contribution < -0.4 is 5.32 Å². The number of aliphatic carboxylic acids is 1. The molecule has 1 saturated carbocycles. The van der Waals surface area contributed by atoms with E-state index < -0.39 is 17.9 Å². The molecule has 5 heteroatoms. The van der Waals surface area contributed by atoms with Gasteiger partial charge in [-0.2, -0.15) is 0 Å². The Labute approximate surface area is 107 Å². The first-order valence-electron chi connectivity index (χ1n) is 6.72. The fraction of sp³-hybridized carbons (Fsp3) is 0.923. The highest BCUT2D eigenvalue weighted by atomic mass is 19.3. The van der Waals surface area contributed by atoms with Crippen molar-refractivity contribution >= 4 is 5.97 Å². The Morgan fingerprint density at radius 3 is 2.44 bits per heavy atom. The average molecular weight is 263 g/mol. The van der Waals surface area contributed by atoms with Crippen molar-refractivity contribution in [2.75, 3.05) is 0 Å². The van der Waals surface area contributed by atoms with Gasteiger partial charge in [0, 0.05) is 18.9 Å². The summed E-state index contributed by atoms with van der Waals surface area (Å²) in [5.74, 6) is -3.22. The van der Waals surface area contributed by atoms with E-state index >= 15 is 0 Å². The predicted molar refractivity (Wildman–Crippen MR) is 65.8 cm³/mol. The topological polar surface area (TPSA) is 49.3 Å². The lowest BCUT2D eigenvalue weighted by molar-refractivity contribution is -0.140. The largest absolute Gasteiger partial charge is 0.480 e. The minimum absolute atomic E-state index is 0.0197. The third-order valence-corrected chi connectivity index (χ3v) is 3.81. The van der Waals surface area contributed by atoms with Gasteiger partial charge in [0.05, 0.1) is 0 Å². The molecular formula is C13H23F2NO2. The Morgan fingerprint density at radius 2 is 2.00 bits per heavy atom. The summed E-state index contributed by atoms with van der Waals surface area (Å²) < 4.78 is 26.1. The summed E-state index contributed by atoms with van der Waals surface area (Å²) in [6.07, 6.45) is 2.16. The van der Waals surface area contributed by atoms with E-state index in [-0.39, 0.29) is 24.8 Å². The van der Waals surface area contributed by atoms with Gasteiger partial charge in [0.15, 0.2) is 0 Å². The quantitative estimate of drug-likeness (QED) is 0.774. The molecule has 1 aliphatic rings. The number of carbonyl (C=O) groups is 1. The maximum Gasteiger partial charge on any atom is 0.320 e. The van der Waals surface area contributed by atoms with E-state index in [0.717, 1.165) is 6.42 Å². The number of halogens is 2. The Morgan fingerprint density at radius 1 is 1.44 bits per heavy atom. The van der Waals surface area contributed by atoms with Gasteiger partial charge >= 0.3 is 5.97 Å². The molecule has 0 heterocycles. The van der Waals surface area contributed by atoms with Gasteiger partial charge in [-0.05, 0) is 32.1 Å². The Bertz CT molecular complexity index is 274. The molecule has 106 valence electrons. The summed E-state index contributed by atoms with van der Waals surface area (Å²) >= 11 is 0. The second-order valence-corrected chi connectivity index (χ2v) is 5.33. The lowest BCUT2D eigenvalue weighted by Crippen LogP contribution is -2.46. The maximum atomic E-state index is 13.0. The molecule has 0 aromatic heterocycles. The zero-order valence-electron chi connectivity index (χ0n) is 11.1. The summed E-state index contributed by atoms with van der Waals surface area (Å²) in [4.78, 5) is 11.0. The Hall–Kier alpha value is -0.710. The SMILES string of the molecule is CCCC(NC(C)C1CCC(F)(F)CC1)C(=O)O. The van der Waals surface area contributed by atoms with Crippen LogP contribution in [0.4, 0.5) is 8.78 Å². The number of rotatable bonds is 6. The van der Waals surface area contributed by atoms with E-state index in [1.165, 1.54) is 0 Å². The first-order chi connectivity index (χ1) is 8.35. The molecule has 0 spiro atoms. The van der Waals surface area contributed by atoms with Crippen LogP contribution in [0.2, 0.25) is 0 Å². The zero-order valence-corrected chi connectivity index (χ0v) is 11.1. The highest BCUT2D eigenvalue weighted by molar-refractivity contribution is 5.73. The van der Waals surface area contributed by atoms with Gasteiger partial charge in [-0.3, -0.25) is 4.79 Å². The van der Waals surface area contributed by atoms with Crippen LogP contribution in [0, 0.1) is 5.92 Å². The molecule has 0 amide bonds. The van der Waals surface area contributed by atoms with Gasteiger partial charge in [0.25, 0.3) is 0 Å². The van der Waals surface area contributed by atoms with Gasteiger partial charge < -0.3 is 10.4 Å². The number of hydrogen-bond acceptors (Lipinski definition) is 2. The molecule has 2 atom stereocenters. The third kappa shape index (κ3) is 4.52. The summed E-state index contributed by atoms with van der Waals surface area (Å²) in [5, 5.41) is 12.1. The maximum absolute atomic E-state index is 13.0. The molecule has 1 aliphatic carbocycles. The smallest absolute Gasteiger partial charge is 0.320 e. The standard InChI is InChI=1S/C13H23F2NO2/c1-3-4-11(12(17)18)16-9(2)10-5-7-13(14,15)8-6-10/h9-11,16H,3-8H2,1-2H3,(H,17,18). The van der Waals surface area contributed by atoms with Crippen molar-refractivity contribution in [3.05, 3.63) is 0 Å². The molecular weight excluding hydrogens is 240 g/mol. The van der Waals surface area contributed by atoms with E-state index in [4.69, 9.17) is 5.11 Å². The number of hydrogen-bond donors (Lipinski definition) is 2. The van der Waals surface area contributed by atoms with Crippen LogP contribution >= 0.6 is 0 Å². The molecule has 3 nitrogen and oxygen atoms in total. The highest BCUT2D eigenvalue weighted by Gasteiger charge is 2.37. The van der Waals surface area contributed by atoms with Crippen LogP contribution in [-0.4, -0.2) is 29.1 Å². The van der Waals surface area contributed by atoms with Crippen molar-refractivity contribution < 1.29 is 18.7 Å². The van der Waals surface area contributed by atoms with Crippen molar-refractivity contribution in [2.24, 2.45) is 5.92 Å². The Balaban J connectivity index is 2.44. The number of alkyl halides is 2. The van der Waals surface area contributed by atoms with Gasteiger partial charge in [0.1, 0.15) is 6.04 Å². The second kappa shape index (κ2) is 6.45. The first kappa shape index (κ1) is 15.3. The molecule has 1 rings (SSSR count). The summed E-state index contributed by atoms with van der Waals surface area (Å²) in [5.41, 5.74) is 0. The minimum Gasteiger partial charge on any atom is -0.480 e. The molecule has 2 N–H and O–H groups in total. The van der Waals surface area contributed by atoms with E-state index in [1.54, 1.807) is 0 Å². The average Bonchev–Trinajstić information content (AvgIpc) is 2.28. The van der Waals surface area contributed by atoms with Gasteiger partial charge in [-0.1, -0.05) is 13.3 Å². The summed E-state index contributed by atoms with van der Waals surface area (Å²) in [6.45, 7) is 3.84. The van der Waals surface area contributed by atoms with Crippen LogP contribution in [0.3, 0.4) is 0 Å². The van der Waals surface area contributed by atoms with Crippen molar-refractivity contribution in [2.45, 2.75) is 70.4 Å². The number of carboxylic acid groups (broad SMARTS) is 1. The fourth-order valence-corrected chi connectivity index (χ4v) is 2.58. The van der Waals surface area contributed by atoms with E-state index in [1.807, 2.05) is 13.8 Å². The minimum atomic E-state index is -2.52. The number of carboxylic acids is 1. The van der Waals surface area contributed by atoms with Gasteiger partial charge in [-0.25, -0.2) is 8.78 Å². The fourth-order valence-electron chi connectivity index (χ4n) is 2.58. The molecule has 1 fully saturated rings. The predicted octanol–water partition coefficient (Wildman–Crippen LogP) is 3.04. The van der Waals surface area contributed by atoms with Crippen molar-refractivity contribution in [1.29, 1.82) is 0 Å². The summed E-state index contributed by atoms with van der Waals surface area (Å²) in [7, 11) is 0. The lowest BCUT2D eigenvalue weighted by atomic mass is 9.82. The van der Waals surface area contributed by atoms with Crippen LogP contribution in [0.1, 0.15) is 52.4 Å². The normalized spacial score (nSPS) is 23.6. The first-order valence-corrected chi connectivity index (χ1v) is 6.72. The zero-order chi connectivity index (χ0) is 13.8. The number of nitrogens with one attached hydrogen (secondary N) is 1.